The van der Waals surface area contributed by atoms with Crippen molar-refractivity contribution in [3.63, 3.8) is 0 Å². The van der Waals surface area contributed by atoms with E-state index < -0.39 is 0 Å². The van der Waals surface area contributed by atoms with Crippen molar-refractivity contribution in [2.45, 2.75) is 76.0 Å². The number of nitrogens with two attached hydrogens (primary N) is 1. The molecule has 4 atom stereocenters. The van der Waals surface area contributed by atoms with Crippen LogP contribution in [0.5, 0.6) is 0 Å². The third kappa shape index (κ3) is 1.72. The minimum absolute atomic E-state index is 0.502. The van der Waals surface area contributed by atoms with Gasteiger partial charge in [0.05, 0.1) is 0 Å². The van der Waals surface area contributed by atoms with Crippen LogP contribution in [0.3, 0.4) is 0 Å². The average molecular weight is 208 g/mol. The molecule has 0 aromatic carbocycles. The molecule has 3 fully saturated rings. The first-order valence-electron chi connectivity index (χ1n) is 6.82. The number of rotatable bonds is 3. The normalized spacial score (nSPS) is 49.6. The van der Waals surface area contributed by atoms with E-state index in [2.05, 4.69) is 11.8 Å². The van der Waals surface area contributed by atoms with Crippen LogP contribution in [-0.2, 0) is 0 Å². The Bertz CT molecular complexity index is 227. The van der Waals surface area contributed by atoms with E-state index in [1.54, 1.807) is 0 Å². The van der Waals surface area contributed by atoms with Crippen LogP contribution in [0.4, 0.5) is 0 Å². The molecule has 3 aliphatic rings. The van der Waals surface area contributed by atoms with Crippen LogP contribution in [-0.4, -0.2) is 29.1 Å². The van der Waals surface area contributed by atoms with E-state index in [0.29, 0.717) is 6.04 Å². The Labute approximate surface area is 93.2 Å². The number of fused-ring (bicyclic) bond motifs is 2. The molecule has 2 heterocycles. The summed E-state index contributed by atoms with van der Waals surface area (Å²) in [5.74, 6) is 1.03. The van der Waals surface area contributed by atoms with Gasteiger partial charge in [-0.15, -0.1) is 0 Å². The molecule has 1 saturated carbocycles. The van der Waals surface area contributed by atoms with Crippen molar-refractivity contribution in [3.05, 3.63) is 0 Å². The standard InChI is InChI=1S/C13H24N2/c1-2-3-9-6-13(9)15-11-4-5-12(15)8-10(14)7-11/h9-13H,2-8,14H2,1H3. The van der Waals surface area contributed by atoms with Crippen LogP contribution >= 0.6 is 0 Å². The van der Waals surface area contributed by atoms with Crippen LogP contribution in [0, 0.1) is 5.92 Å². The summed E-state index contributed by atoms with van der Waals surface area (Å²) in [6.07, 6.45) is 9.69. The van der Waals surface area contributed by atoms with E-state index >= 15 is 0 Å². The summed E-state index contributed by atoms with van der Waals surface area (Å²) in [7, 11) is 0. The third-order valence-electron chi connectivity index (χ3n) is 4.75. The molecule has 4 unspecified atom stereocenters. The molecule has 2 nitrogen and oxygen atoms in total. The highest BCUT2D eigenvalue weighted by molar-refractivity contribution is 5.06. The topological polar surface area (TPSA) is 29.3 Å². The van der Waals surface area contributed by atoms with Crippen molar-refractivity contribution in [3.8, 4) is 0 Å². The molecular formula is C13H24N2. The fourth-order valence-electron chi connectivity index (χ4n) is 4.07. The predicted octanol–water partition coefficient (Wildman–Crippen LogP) is 2.13. The molecule has 0 spiro atoms. The van der Waals surface area contributed by atoms with Gasteiger partial charge in [0, 0.05) is 24.2 Å². The molecule has 0 radical (unpaired) electrons. The van der Waals surface area contributed by atoms with Gasteiger partial charge in [0.15, 0.2) is 0 Å². The summed E-state index contributed by atoms with van der Waals surface area (Å²) < 4.78 is 0. The zero-order chi connectivity index (χ0) is 10.4. The molecule has 2 saturated heterocycles. The monoisotopic (exact) mass is 208 g/mol. The van der Waals surface area contributed by atoms with Crippen molar-refractivity contribution >= 4 is 0 Å². The smallest absolute Gasteiger partial charge is 0.0133 e. The SMILES string of the molecule is CCCC1CC1N1C2CCC1CC(N)C2. The van der Waals surface area contributed by atoms with Gasteiger partial charge < -0.3 is 5.73 Å². The Morgan fingerprint density at radius 2 is 1.80 bits per heavy atom. The highest BCUT2D eigenvalue weighted by Crippen LogP contribution is 2.47. The molecule has 86 valence electrons. The van der Waals surface area contributed by atoms with Crippen LogP contribution in [0.25, 0.3) is 0 Å². The first kappa shape index (κ1) is 10.1. The quantitative estimate of drug-likeness (QED) is 0.770. The van der Waals surface area contributed by atoms with Gasteiger partial charge in [-0.3, -0.25) is 4.90 Å². The maximum Gasteiger partial charge on any atom is 0.0133 e. The molecule has 2 aliphatic heterocycles. The number of hydrogen-bond acceptors (Lipinski definition) is 2. The molecular weight excluding hydrogens is 184 g/mol. The second-order valence-electron chi connectivity index (χ2n) is 5.92. The van der Waals surface area contributed by atoms with E-state index in [4.69, 9.17) is 5.73 Å². The first-order chi connectivity index (χ1) is 7.29. The minimum atomic E-state index is 0.502. The van der Waals surface area contributed by atoms with Gasteiger partial charge in [0.1, 0.15) is 0 Å². The number of piperidine rings is 1. The molecule has 0 aromatic rings. The zero-order valence-electron chi connectivity index (χ0n) is 9.86. The van der Waals surface area contributed by atoms with Crippen molar-refractivity contribution in [2.24, 2.45) is 11.7 Å². The summed E-state index contributed by atoms with van der Waals surface area (Å²) in [5.41, 5.74) is 6.10. The Hall–Kier alpha value is -0.0800. The minimum Gasteiger partial charge on any atom is -0.328 e. The summed E-state index contributed by atoms with van der Waals surface area (Å²) in [4.78, 5) is 2.86. The largest absolute Gasteiger partial charge is 0.328 e. The van der Waals surface area contributed by atoms with Crippen molar-refractivity contribution in [2.75, 3.05) is 0 Å². The predicted molar refractivity (Wildman–Crippen MR) is 62.7 cm³/mol. The fraction of sp³-hybridized carbons (Fsp3) is 1.00. The highest BCUT2D eigenvalue weighted by Gasteiger charge is 2.50. The van der Waals surface area contributed by atoms with Crippen molar-refractivity contribution in [1.82, 2.24) is 4.90 Å². The van der Waals surface area contributed by atoms with Gasteiger partial charge in [0.25, 0.3) is 0 Å². The van der Waals surface area contributed by atoms with Crippen LogP contribution in [0.2, 0.25) is 0 Å². The maximum atomic E-state index is 6.10. The van der Waals surface area contributed by atoms with Gasteiger partial charge in [-0.05, 0) is 44.4 Å². The van der Waals surface area contributed by atoms with E-state index in [0.717, 1.165) is 24.0 Å². The second-order valence-corrected chi connectivity index (χ2v) is 5.92. The lowest BCUT2D eigenvalue weighted by Crippen LogP contribution is -2.48. The molecule has 1 aliphatic carbocycles. The second kappa shape index (κ2) is 3.74. The van der Waals surface area contributed by atoms with Crippen LogP contribution in [0.1, 0.15) is 51.9 Å². The molecule has 3 rings (SSSR count). The van der Waals surface area contributed by atoms with Gasteiger partial charge in [-0.25, -0.2) is 0 Å². The number of nitrogens with zero attached hydrogens (tertiary/aromatic N) is 1. The fourth-order valence-corrected chi connectivity index (χ4v) is 4.07. The maximum absolute atomic E-state index is 6.10. The van der Waals surface area contributed by atoms with Gasteiger partial charge in [-0.1, -0.05) is 13.3 Å². The van der Waals surface area contributed by atoms with E-state index in [9.17, 15) is 0 Å². The molecule has 2 N–H and O–H groups in total. The average Bonchev–Trinajstić information content (AvgIpc) is 2.89. The highest BCUT2D eigenvalue weighted by atomic mass is 15.3. The number of hydrogen-bond donors (Lipinski definition) is 1. The van der Waals surface area contributed by atoms with Crippen molar-refractivity contribution < 1.29 is 0 Å². The molecule has 0 amide bonds. The first-order valence-corrected chi connectivity index (χ1v) is 6.82. The summed E-state index contributed by atoms with van der Waals surface area (Å²) in [6, 6.07) is 3.16. The lowest BCUT2D eigenvalue weighted by atomic mass is 9.97. The Morgan fingerprint density at radius 3 is 2.40 bits per heavy atom. The Kier molecular flexibility index (Phi) is 2.52. The van der Waals surface area contributed by atoms with Gasteiger partial charge in [0.2, 0.25) is 0 Å². The zero-order valence-corrected chi connectivity index (χ0v) is 9.86. The summed E-state index contributed by atoms with van der Waals surface area (Å²) in [6.45, 7) is 2.32. The molecule has 0 aromatic heterocycles. The van der Waals surface area contributed by atoms with E-state index in [1.807, 2.05) is 0 Å². The molecule has 2 heteroatoms. The Balaban J connectivity index is 1.64. The summed E-state index contributed by atoms with van der Waals surface area (Å²) in [5, 5.41) is 0. The molecule has 2 bridgehead atoms. The molecule has 15 heavy (non-hydrogen) atoms. The van der Waals surface area contributed by atoms with Gasteiger partial charge >= 0.3 is 0 Å². The van der Waals surface area contributed by atoms with E-state index in [-0.39, 0.29) is 0 Å². The van der Waals surface area contributed by atoms with Crippen molar-refractivity contribution in [1.29, 1.82) is 0 Å². The Morgan fingerprint density at radius 1 is 1.13 bits per heavy atom. The van der Waals surface area contributed by atoms with E-state index in [1.165, 1.54) is 44.9 Å². The van der Waals surface area contributed by atoms with Crippen LogP contribution in [0.15, 0.2) is 0 Å². The van der Waals surface area contributed by atoms with Gasteiger partial charge in [-0.2, -0.15) is 0 Å². The summed E-state index contributed by atoms with van der Waals surface area (Å²) >= 11 is 0. The van der Waals surface area contributed by atoms with Crippen LogP contribution < -0.4 is 5.73 Å². The lowest BCUT2D eigenvalue weighted by molar-refractivity contribution is 0.112. The lowest BCUT2D eigenvalue weighted by Gasteiger charge is -2.38. The third-order valence-corrected chi connectivity index (χ3v) is 4.75.